The van der Waals surface area contributed by atoms with Gasteiger partial charge in [0.25, 0.3) is 0 Å². The molecule has 2 aliphatic rings. The molecule has 0 fully saturated rings. The molecule has 0 atom stereocenters. The molecule has 14 heavy (non-hydrogen) atoms. The quantitative estimate of drug-likeness (QED) is 0.630. The summed E-state index contributed by atoms with van der Waals surface area (Å²) in [6, 6.07) is 5.62. The van der Waals surface area contributed by atoms with Gasteiger partial charge in [-0.15, -0.1) is 0 Å². The van der Waals surface area contributed by atoms with Gasteiger partial charge in [0.05, 0.1) is 0 Å². The van der Waals surface area contributed by atoms with Crippen molar-refractivity contribution < 1.29 is 5.11 Å². The fourth-order valence-corrected chi connectivity index (χ4v) is 1.95. The molecule has 68 valence electrons. The lowest BCUT2D eigenvalue weighted by Crippen LogP contribution is -2.32. The van der Waals surface area contributed by atoms with Crippen molar-refractivity contribution in [1.29, 1.82) is 0 Å². The number of phenolic OH excluding ortho intramolecular Hbond substituents is 1. The second-order valence-corrected chi connectivity index (χ2v) is 3.52. The fraction of sp³-hybridized carbons (Fsp3) is 0.0833. The molecular weight excluding hydrogens is 174 g/mol. The summed E-state index contributed by atoms with van der Waals surface area (Å²) in [6.07, 6.45) is 6.66. The average Bonchev–Trinajstić information content (AvgIpc) is 2.20. The molecule has 1 aromatic rings. The van der Waals surface area contributed by atoms with E-state index in [0.29, 0.717) is 5.75 Å². The zero-order valence-corrected chi connectivity index (χ0v) is 7.57. The highest BCUT2D eigenvalue weighted by Gasteiger charge is 2.11. The van der Waals surface area contributed by atoms with Crippen molar-refractivity contribution in [1.82, 2.24) is 0 Å². The Morgan fingerprint density at radius 3 is 3.14 bits per heavy atom. The van der Waals surface area contributed by atoms with Crippen LogP contribution in [0.3, 0.4) is 0 Å². The highest BCUT2D eigenvalue weighted by Crippen LogP contribution is 2.14. The molecule has 0 aromatic heterocycles. The van der Waals surface area contributed by atoms with Crippen LogP contribution in [0.1, 0.15) is 6.42 Å². The Morgan fingerprint density at radius 2 is 2.21 bits per heavy atom. The predicted octanol–water partition coefficient (Wildman–Crippen LogP) is 0.695. The Balaban J connectivity index is 2.56. The number of hydrogen-bond acceptors (Lipinski definition) is 2. The first-order valence-electron chi connectivity index (χ1n) is 4.61. The Bertz CT molecular complexity index is 579. The third kappa shape index (κ3) is 0.940. The summed E-state index contributed by atoms with van der Waals surface area (Å²) in [5, 5.41) is 11.7. The van der Waals surface area contributed by atoms with Gasteiger partial charge in [0, 0.05) is 23.6 Å². The van der Waals surface area contributed by atoms with E-state index in [1.165, 1.54) is 5.57 Å². The number of aromatic hydroxyl groups is 1. The van der Waals surface area contributed by atoms with Crippen LogP contribution in [-0.2, 0) is 0 Å². The predicted molar refractivity (Wildman–Crippen MR) is 56.4 cm³/mol. The van der Waals surface area contributed by atoms with E-state index in [-0.39, 0.29) is 0 Å². The number of nitrogens with zero attached hydrogens (tertiary/aromatic N) is 1. The molecule has 0 saturated heterocycles. The van der Waals surface area contributed by atoms with E-state index in [1.54, 1.807) is 6.07 Å². The molecule has 0 amide bonds. The lowest BCUT2D eigenvalue weighted by Gasteiger charge is -2.13. The van der Waals surface area contributed by atoms with E-state index in [2.05, 4.69) is 4.99 Å². The zero-order valence-electron chi connectivity index (χ0n) is 7.57. The normalized spacial score (nSPS) is 17.1. The van der Waals surface area contributed by atoms with Gasteiger partial charge < -0.3 is 5.11 Å². The zero-order chi connectivity index (χ0) is 9.54. The van der Waals surface area contributed by atoms with Crippen LogP contribution in [0.2, 0.25) is 0 Å². The van der Waals surface area contributed by atoms with Crippen molar-refractivity contribution in [2.75, 3.05) is 0 Å². The van der Waals surface area contributed by atoms with Crippen LogP contribution in [0.4, 0.5) is 0 Å². The van der Waals surface area contributed by atoms with Crippen molar-refractivity contribution in [3.8, 4) is 5.75 Å². The number of phenols is 1. The van der Waals surface area contributed by atoms with Crippen LogP contribution in [0.5, 0.6) is 5.75 Å². The van der Waals surface area contributed by atoms with Crippen LogP contribution < -0.4 is 10.4 Å². The number of rotatable bonds is 0. The smallest absolute Gasteiger partial charge is 0.123 e. The highest BCUT2D eigenvalue weighted by molar-refractivity contribution is 6.16. The van der Waals surface area contributed by atoms with E-state index in [4.69, 9.17) is 0 Å². The van der Waals surface area contributed by atoms with Gasteiger partial charge in [-0.05, 0) is 29.0 Å². The van der Waals surface area contributed by atoms with Gasteiger partial charge >= 0.3 is 0 Å². The van der Waals surface area contributed by atoms with Gasteiger partial charge in [-0.1, -0.05) is 12.1 Å². The number of aliphatic imine (C=N–C) groups is 1. The third-order valence-corrected chi connectivity index (χ3v) is 2.63. The average molecular weight is 183 g/mol. The first-order chi connectivity index (χ1) is 6.84. The summed E-state index contributed by atoms with van der Waals surface area (Å²) >= 11 is 0. The molecule has 1 aromatic carbocycles. The van der Waals surface area contributed by atoms with Gasteiger partial charge in [0.2, 0.25) is 0 Å². The Kier molecular flexibility index (Phi) is 1.39. The van der Waals surface area contributed by atoms with Crippen molar-refractivity contribution in [3.05, 3.63) is 40.9 Å². The summed E-state index contributed by atoms with van der Waals surface area (Å²) in [5.41, 5.74) is 2.26. The van der Waals surface area contributed by atoms with Crippen LogP contribution in [-0.4, -0.2) is 10.8 Å². The standard InChI is InChI=1S/C12H9NO/c14-12-3-1-2-10-8-4-5-13-9(6-8)7-11(10)12/h1-5,7,14H,6H2. The maximum Gasteiger partial charge on any atom is 0.123 e. The minimum absolute atomic E-state index is 0.336. The lowest BCUT2D eigenvalue weighted by atomic mass is 9.96. The molecule has 0 unspecified atom stereocenters. The molecule has 0 saturated carbocycles. The Labute approximate surface area is 81.2 Å². The van der Waals surface area contributed by atoms with Gasteiger partial charge in [-0.3, -0.25) is 4.99 Å². The maximum atomic E-state index is 9.69. The molecule has 1 aliphatic heterocycles. The number of allylic oxidation sites excluding steroid dienone is 1. The minimum atomic E-state index is 0.336. The Hall–Kier alpha value is -1.83. The third-order valence-electron chi connectivity index (χ3n) is 2.63. The summed E-state index contributed by atoms with van der Waals surface area (Å²) < 4.78 is 0. The van der Waals surface area contributed by atoms with Crippen LogP contribution in [0, 0.1) is 0 Å². The number of hydrogen-bond donors (Lipinski definition) is 1. The van der Waals surface area contributed by atoms with Crippen molar-refractivity contribution >= 4 is 17.4 Å². The molecule has 1 heterocycles. The summed E-state index contributed by atoms with van der Waals surface area (Å²) in [4.78, 5) is 4.24. The van der Waals surface area contributed by atoms with E-state index < -0.39 is 0 Å². The van der Waals surface area contributed by atoms with Gasteiger partial charge in [-0.25, -0.2) is 0 Å². The van der Waals surface area contributed by atoms with Gasteiger partial charge in [0.1, 0.15) is 5.75 Å². The molecule has 3 rings (SSSR count). The van der Waals surface area contributed by atoms with E-state index in [1.807, 2.05) is 30.5 Å². The summed E-state index contributed by atoms with van der Waals surface area (Å²) in [7, 11) is 0. The minimum Gasteiger partial charge on any atom is -0.507 e. The van der Waals surface area contributed by atoms with Gasteiger partial charge in [0.15, 0.2) is 0 Å². The highest BCUT2D eigenvalue weighted by atomic mass is 16.3. The van der Waals surface area contributed by atoms with E-state index in [0.717, 1.165) is 22.6 Å². The number of benzene rings is 1. The fourth-order valence-electron chi connectivity index (χ4n) is 1.95. The molecule has 1 aliphatic carbocycles. The van der Waals surface area contributed by atoms with E-state index >= 15 is 0 Å². The largest absolute Gasteiger partial charge is 0.507 e. The summed E-state index contributed by atoms with van der Waals surface area (Å²) in [5.74, 6) is 0.336. The first kappa shape index (κ1) is 7.56. The molecule has 2 nitrogen and oxygen atoms in total. The monoisotopic (exact) mass is 183 g/mol. The molecule has 1 N–H and O–H groups in total. The van der Waals surface area contributed by atoms with Crippen LogP contribution >= 0.6 is 0 Å². The molecule has 2 bridgehead atoms. The van der Waals surface area contributed by atoms with Crippen molar-refractivity contribution in [2.24, 2.45) is 4.99 Å². The SMILES string of the molecule is Oc1cccc2c1=CC1=NC=CC=2C1. The second kappa shape index (κ2) is 2.58. The molecule has 0 spiro atoms. The topological polar surface area (TPSA) is 32.6 Å². The Morgan fingerprint density at radius 1 is 1.29 bits per heavy atom. The van der Waals surface area contributed by atoms with Crippen molar-refractivity contribution in [3.63, 3.8) is 0 Å². The maximum absolute atomic E-state index is 9.69. The van der Waals surface area contributed by atoms with Crippen LogP contribution in [0.25, 0.3) is 11.6 Å². The molecular formula is C12H9NO. The lowest BCUT2D eigenvalue weighted by molar-refractivity contribution is 0.470. The van der Waals surface area contributed by atoms with Crippen LogP contribution in [0.15, 0.2) is 35.5 Å². The molecule has 0 radical (unpaired) electrons. The van der Waals surface area contributed by atoms with E-state index in [9.17, 15) is 5.11 Å². The second-order valence-electron chi connectivity index (χ2n) is 3.52. The summed E-state index contributed by atoms with van der Waals surface area (Å²) in [6.45, 7) is 0. The van der Waals surface area contributed by atoms with Crippen molar-refractivity contribution in [2.45, 2.75) is 6.42 Å². The molecule has 2 heteroatoms. The number of fused-ring (bicyclic) bond motifs is 3. The van der Waals surface area contributed by atoms with Gasteiger partial charge in [-0.2, -0.15) is 0 Å². The first-order valence-corrected chi connectivity index (χ1v) is 4.61.